The minimum Gasteiger partial charge on any atom is -0.494 e. The maximum Gasteiger partial charge on any atom is 0.410 e. The number of hydrogen-bond acceptors (Lipinski definition) is 21. The van der Waals surface area contributed by atoms with Crippen LogP contribution in [0.5, 0.6) is 5.75 Å². The lowest BCUT2D eigenvalue weighted by molar-refractivity contribution is -0.197. The second kappa shape index (κ2) is 43.3. The van der Waals surface area contributed by atoms with E-state index < -0.39 is 101 Å². The lowest BCUT2D eigenvalue weighted by Gasteiger charge is -2.38. The molecule has 3 aromatic rings. The van der Waals surface area contributed by atoms with E-state index in [4.69, 9.17) is 19.0 Å². The molecular weight excluding hydrogens is 1470 g/mol. The van der Waals surface area contributed by atoms with Crippen molar-refractivity contribution in [3.63, 3.8) is 0 Å². The molecule has 0 radical (unpaired) electrons. The fourth-order valence-electron chi connectivity index (χ4n) is 13.7. The molecule has 31 heteroatoms. The SMILES string of the molecule is CC[C@H](C)[C@@H](CCC(=O)N1CCC[C@H]1[C@H](OC)[C@@H](C)C(=O)N[C@H](C)[C@@H](O)c1ccccc1)N(C)C(=O)[C@@H](NC(=O)[C@H](C(C)C)N(C)C(=O)OCc1ccc(NC(=O)[C@H](C)NC(=O)[C@@H](NC(=O)CCSSC(C)(C)CC(=O)N/N=C2\CCN(C)c3cc(OCCCC(=O)ON4C(=O)CCC4=O)ccc32)C(C)C)cc1)C(C)C. The van der Waals surface area contributed by atoms with Crippen LogP contribution in [-0.2, 0) is 73.7 Å². The van der Waals surface area contributed by atoms with Gasteiger partial charge in [-0.3, -0.25) is 52.8 Å². The molecule has 0 unspecified atom stereocenters. The number of aliphatic hydroxyl groups is 1. The quantitative estimate of drug-likeness (QED) is 0.0121. The van der Waals surface area contributed by atoms with Crippen molar-refractivity contribution < 1.29 is 81.7 Å². The summed E-state index contributed by atoms with van der Waals surface area (Å²) in [6.45, 7) is 24.8. The number of likely N-dealkylation sites (N-methyl/N-ethyl adjacent to an activating group) is 2. The molecule has 11 amide bonds. The number of hydroxylamine groups is 2. The van der Waals surface area contributed by atoms with Crippen LogP contribution in [0.1, 0.15) is 190 Å². The van der Waals surface area contributed by atoms with Crippen LogP contribution in [-0.4, -0.2) is 209 Å². The maximum atomic E-state index is 14.6. The highest BCUT2D eigenvalue weighted by Crippen LogP contribution is 2.39. The maximum absolute atomic E-state index is 14.6. The van der Waals surface area contributed by atoms with Crippen molar-refractivity contribution in [3.05, 3.63) is 89.5 Å². The average molecular weight is 1580 g/mol. The highest BCUT2D eigenvalue weighted by atomic mass is 33.1. The minimum atomic E-state index is -1.04. The van der Waals surface area contributed by atoms with E-state index in [0.29, 0.717) is 84.3 Å². The van der Waals surface area contributed by atoms with Crippen molar-refractivity contribution in [1.29, 1.82) is 0 Å². The molecule has 0 aliphatic carbocycles. The van der Waals surface area contributed by atoms with Crippen molar-refractivity contribution in [1.82, 2.24) is 46.5 Å². The summed E-state index contributed by atoms with van der Waals surface area (Å²) >= 11 is 0. The molecule has 11 atom stereocenters. The van der Waals surface area contributed by atoms with E-state index >= 15 is 0 Å². The smallest absolute Gasteiger partial charge is 0.410 e. The number of likely N-dealkylation sites (tertiary alicyclic amines) is 1. The number of nitrogens with zero attached hydrogens (tertiary/aromatic N) is 6. The fourth-order valence-corrected chi connectivity index (χ4v) is 16.1. The zero-order chi connectivity index (χ0) is 82.1. The third kappa shape index (κ3) is 26.7. The van der Waals surface area contributed by atoms with E-state index in [9.17, 15) is 62.6 Å². The second-order valence-electron chi connectivity index (χ2n) is 30.7. The Morgan fingerprint density at radius 2 is 1.40 bits per heavy atom. The van der Waals surface area contributed by atoms with Crippen molar-refractivity contribution in [2.24, 2.45) is 34.7 Å². The molecule has 3 aromatic carbocycles. The van der Waals surface area contributed by atoms with Crippen molar-refractivity contribution in [3.8, 4) is 5.75 Å². The summed E-state index contributed by atoms with van der Waals surface area (Å²) in [7, 11) is 9.48. The molecule has 0 aromatic heterocycles. The number of ether oxygens (including phenoxy) is 3. The van der Waals surface area contributed by atoms with Crippen molar-refractivity contribution >= 4 is 110 Å². The predicted molar refractivity (Wildman–Crippen MR) is 426 cm³/mol. The summed E-state index contributed by atoms with van der Waals surface area (Å²) in [6, 6.07) is 15.8. The van der Waals surface area contributed by atoms with Crippen LogP contribution in [0, 0.1) is 29.6 Å². The fraction of sp³-hybridized carbons (Fsp3) is 0.613. The number of methoxy groups -OCH3 is 1. The highest BCUT2D eigenvalue weighted by Gasteiger charge is 2.43. The summed E-state index contributed by atoms with van der Waals surface area (Å²) in [5, 5.41) is 30.2. The number of anilines is 2. The Bertz CT molecular complexity index is 3720. The summed E-state index contributed by atoms with van der Waals surface area (Å²) < 4.78 is 17.0. The molecule has 0 saturated carbocycles. The molecule has 3 aliphatic heterocycles. The predicted octanol–water partition coefficient (Wildman–Crippen LogP) is 8.60. The summed E-state index contributed by atoms with van der Waals surface area (Å²) in [5.74, 6) is -5.70. The third-order valence-electron chi connectivity index (χ3n) is 20.4. The van der Waals surface area contributed by atoms with E-state index in [-0.39, 0.29) is 111 Å². The lowest BCUT2D eigenvalue weighted by atomic mass is 9.91. The summed E-state index contributed by atoms with van der Waals surface area (Å²) in [6.07, 6.45) is 1.25. The Labute approximate surface area is 661 Å². The van der Waals surface area contributed by atoms with Crippen molar-refractivity contribution in [2.75, 3.05) is 63.9 Å². The number of hydrazone groups is 1. The molecule has 29 nitrogen and oxygen atoms in total. The first-order chi connectivity index (χ1) is 52.5. The molecule has 6 rings (SSSR count). The molecule has 2 fully saturated rings. The number of fused-ring (bicyclic) bond motifs is 1. The number of benzene rings is 3. The van der Waals surface area contributed by atoms with Gasteiger partial charge in [-0.25, -0.2) is 15.0 Å². The van der Waals surface area contributed by atoms with E-state index in [0.717, 1.165) is 17.7 Å². The molecule has 2 saturated heterocycles. The standard InChI is InChI=1S/C80H118N12O17S2/c1-18-50(8)60(34-35-65(95)91-40-22-26-61(91)73(106-17)51(9)74(100)81-52(10)72(99)55-24-20-19-21-25-55)89(15)78(104)70(48(4)5)85-77(103)71(49(6)7)90(16)79(105)108-46-54-28-30-56(31-29-54)83-75(101)53(11)82-76(102)69(47(2)3)84-63(93)39-43-110-111-80(12,13)45-64(94)87-86-59-38-41-88(14)62-44-57(32-33-58(59)62)107-42-23-27-68(98)109-92-66(96)36-37-67(92)97/h19-21,24-25,28-33,44,47-53,60-61,69-73,99H,18,22-23,26-27,34-43,45-46H2,1-17H3,(H,81,100)(H,82,102)(H,83,101)(H,84,93)(H,85,103)(H,87,94)/b86-59+/t50-,51+,52+,53-,60+,61-,69-,70-,71-,72+,73+/m0/s1. The zero-order valence-corrected chi connectivity index (χ0v) is 69.1. The summed E-state index contributed by atoms with van der Waals surface area (Å²) in [5.41, 5.74) is 6.70. The number of carbonyl (C=O) groups is 12. The van der Waals surface area contributed by atoms with Crippen LogP contribution < -0.4 is 41.6 Å². The first kappa shape index (κ1) is 91.1. The van der Waals surface area contributed by atoms with E-state index in [2.05, 4.69) is 37.1 Å². The molecule has 7 N–H and O–H groups in total. The third-order valence-corrected chi connectivity index (χ3v) is 23.7. The number of nitrogens with one attached hydrogen (secondary N) is 6. The molecule has 3 heterocycles. The zero-order valence-electron chi connectivity index (χ0n) is 67.5. The molecule has 0 spiro atoms. The number of amides is 11. The number of aliphatic hydroxyl groups excluding tert-OH is 1. The number of hydrogen-bond donors (Lipinski definition) is 7. The second-order valence-corrected chi connectivity index (χ2v) is 33.8. The van der Waals surface area contributed by atoms with Gasteiger partial charge in [0.15, 0.2) is 0 Å². The van der Waals surface area contributed by atoms with Gasteiger partial charge in [0, 0.05) is 119 Å². The first-order valence-corrected chi connectivity index (χ1v) is 40.8. The van der Waals surface area contributed by atoms with Gasteiger partial charge in [-0.15, -0.1) is 5.06 Å². The molecule has 0 bridgehead atoms. The highest BCUT2D eigenvalue weighted by molar-refractivity contribution is 8.77. The Morgan fingerprint density at radius 3 is 2.03 bits per heavy atom. The van der Waals surface area contributed by atoms with Gasteiger partial charge in [0.1, 0.15) is 36.5 Å². The summed E-state index contributed by atoms with van der Waals surface area (Å²) in [4.78, 5) is 171. The normalized spacial score (nSPS) is 17.5. The largest absolute Gasteiger partial charge is 0.494 e. The number of imide groups is 1. The molecule has 111 heavy (non-hydrogen) atoms. The van der Waals surface area contributed by atoms with Gasteiger partial charge >= 0.3 is 12.1 Å². The van der Waals surface area contributed by atoms with Gasteiger partial charge in [-0.1, -0.05) is 133 Å². The van der Waals surface area contributed by atoms with E-state index in [1.807, 2.05) is 83.8 Å². The van der Waals surface area contributed by atoms with Gasteiger partial charge in [-0.2, -0.15) is 5.10 Å². The lowest BCUT2D eigenvalue weighted by Crippen LogP contribution is -2.58. The van der Waals surface area contributed by atoms with Gasteiger partial charge in [0.05, 0.1) is 48.9 Å². The van der Waals surface area contributed by atoms with Crippen LogP contribution in [0.15, 0.2) is 77.9 Å². The Morgan fingerprint density at radius 1 is 0.730 bits per heavy atom. The molecule has 3 aliphatic rings. The first-order valence-electron chi connectivity index (χ1n) is 38.5. The number of rotatable bonds is 41. The average Bonchev–Trinajstić information content (AvgIpc) is 0.995. The van der Waals surface area contributed by atoms with Crippen LogP contribution in [0.3, 0.4) is 0 Å². The monoisotopic (exact) mass is 1580 g/mol. The van der Waals surface area contributed by atoms with E-state index in [1.165, 1.54) is 47.6 Å². The van der Waals surface area contributed by atoms with Gasteiger partial charge in [-0.05, 0) is 112 Å². The van der Waals surface area contributed by atoms with Crippen LogP contribution in [0.25, 0.3) is 0 Å². The number of carbonyl (C=O) groups excluding carboxylic acids is 12. The topological polar surface area (TPSA) is 363 Å². The van der Waals surface area contributed by atoms with Crippen LogP contribution in [0.2, 0.25) is 0 Å². The van der Waals surface area contributed by atoms with Gasteiger partial charge < -0.3 is 65.4 Å². The van der Waals surface area contributed by atoms with Crippen molar-refractivity contribution in [2.45, 2.75) is 233 Å². The van der Waals surface area contributed by atoms with Gasteiger partial charge in [0.2, 0.25) is 47.3 Å². The van der Waals surface area contributed by atoms with Crippen LogP contribution >= 0.6 is 21.6 Å². The Balaban J connectivity index is 0.906. The Kier molecular flexibility index (Phi) is 35.5. The molecule has 612 valence electrons. The Hall–Kier alpha value is -8.81. The molecular formula is C80H118N12O17S2. The van der Waals surface area contributed by atoms with Gasteiger partial charge in [0.25, 0.3) is 11.8 Å². The minimum absolute atomic E-state index is 0.0159. The van der Waals surface area contributed by atoms with E-state index in [1.54, 1.807) is 101 Å². The van der Waals surface area contributed by atoms with Crippen LogP contribution in [0.4, 0.5) is 16.2 Å².